The monoisotopic (exact) mass is 363 g/mol. The molecular weight excluding hydrogens is 334 g/mol. The van der Waals surface area contributed by atoms with Gasteiger partial charge in [-0.05, 0) is 25.5 Å². The molecule has 0 saturated heterocycles. The molecular formula is C19H29N3O4. The van der Waals surface area contributed by atoms with Crippen LogP contribution in [0.25, 0.3) is 0 Å². The Bertz CT molecular complexity index is 602. The maximum atomic E-state index is 12.2. The van der Waals surface area contributed by atoms with E-state index in [-0.39, 0.29) is 23.6 Å². The van der Waals surface area contributed by atoms with Crippen molar-refractivity contribution in [2.24, 2.45) is 5.92 Å². The number of nitrogens with one attached hydrogen (secondary N) is 3. The molecule has 0 aromatic heterocycles. The van der Waals surface area contributed by atoms with E-state index in [2.05, 4.69) is 16.0 Å². The Morgan fingerprint density at radius 3 is 2.38 bits per heavy atom. The molecule has 0 saturated carbocycles. The summed E-state index contributed by atoms with van der Waals surface area (Å²) in [5.74, 6) is 0.128. The maximum Gasteiger partial charge on any atom is 0.255 e. The number of rotatable bonds is 11. The Morgan fingerprint density at radius 2 is 1.69 bits per heavy atom. The van der Waals surface area contributed by atoms with Crippen molar-refractivity contribution in [3.63, 3.8) is 0 Å². The topological polar surface area (TPSA) is 96.5 Å². The molecule has 3 N–H and O–H groups in total. The van der Waals surface area contributed by atoms with Crippen LogP contribution in [-0.2, 0) is 9.59 Å². The van der Waals surface area contributed by atoms with E-state index in [0.29, 0.717) is 50.4 Å². The number of amides is 3. The van der Waals surface area contributed by atoms with Gasteiger partial charge < -0.3 is 20.7 Å². The molecule has 0 fully saturated rings. The zero-order valence-electron chi connectivity index (χ0n) is 15.8. The third kappa shape index (κ3) is 8.00. The van der Waals surface area contributed by atoms with Crippen LogP contribution in [0.15, 0.2) is 24.3 Å². The Balaban J connectivity index is 2.21. The van der Waals surface area contributed by atoms with Gasteiger partial charge in [0.05, 0.1) is 12.2 Å². The van der Waals surface area contributed by atoms with Crippen LogP contribution >= 0.6 is 0 Å². The molecule has 7 heteroatoms. The lowest BCUT2D eigenvalue weighted by Crippen LogP contribution is -2.36. The molecule has 0 atom stereocenters. The minimum absolute atomic E-state index is 0.0331. The second-order valence-corrected chi connectivity index (χ2v) is 6.08. The fourth-order valence-corrected chi connectivity index (χ4v) is 2.16. The van der Waals surface area contributed by atoms with Gasteiger partial charge in [0, 0.05) is 32.0 Å². The summed E-state index contributed by atoms with van der Waals surface area (Å²) in [6, 6.07) is 7.06. The highest BCUT2D eigenvalue weighted by atomic mass is 16.5. The van der Waals surface area contributed by atoms with Crippen molar-refractivity contribution < 1.29 is 19.1 Å². The van der Waals surface area contributed by atoms with Crippen LogP contribution in [0, 0.1) is 5.92 Å². The van der Waals surface area contributed by atoms with Crippen LogP contribution in [0.5, 0.6) is 5.75 Å². The fraction of sp³-hybridized carbons (Fsp3) is 0.526. The molecule has 7 nitrogen and oxygen atoms in total. The first-order valence-corrected chi connectivity index (χ1v) is 9.00. The third-order valence-electron chi connectivity index (χ3n) is 3.57. The highest BCUT2D eigenvalue weighted by Gasteiger charge is 2.11. The van der Waals surface area contributed by atoms with Gasteiger partial charge in [0.2, 0.25) is 11.8 Å². The van der Waals surface area contributed by atoms with Crippen molar-refractivity contribution in [3.05, 3.63) is 29.8 Å². The summed E-state index contributed by atoms with van der Waals surface area (Å²) in [6.45, 7) is 7.18. The molecule has 0 bridgehead atoms. The molecule has 0 heterocycles. The number of ether oxygens (including phenoxy) is 1. The summed E-state index contributed by atoms with van der Waals surface area (Å²) >= 11 is 0. The number of carbonyl (C=O) groups excluding carboxylic acids is 3. The molecule has 0 aliphatic rings. The molecule has 1 aromatic rings. The molecule has 144 valence electrons. The second-order valence-electron chi connectivity index (χ2n) is 6.08. The van der Waals surface area contributed by atoms with E-state index in [0.717, 1.165) is 0 Å². The molecule has 3 amide bonds. The number of para-hydroxylation sites is 1. The molecule has 1 aromatic carbocycles. The van der Waals surface area contributed by atoms with Crippen LogP contribution in [0.2, 0.25) is 0 Å². The van der Waals surface area contributed by atoms with Crippen LogP contribution in [0.3, 0.4) is 0 Å². The van der Waals surface area contributed by atoms with Crippen LogP contribution < -0.4 is 20.7 Å². The van der Waals surface area contributed by atoms with Gasteiger partial charge in [-0.25, -0.2) is 0 Å². The molecule has 1 rings (SSSR count). The summed E-state index contributed by atoms with van der Waals surface area (Å²) in [5.41, 5.74) is 0.486. The highest BCUT2D eigenvalue weighted by molar-refractivity contribution is 5.96. The lowest BCUT2D eigenvalue weighted by molar-refractivity contribution is -0.124. The Hall–Kier alpha value is -2.57. The average molecular weight is 363 g/mol. The Labute approximate surface area is 154 Å². The first-order valence-electron chi connectivity index (χ1n) is 9.00. The summed E-state index contributed by atoms with van der Waals surface area (Å²) < 4.78 is 5.43. The largest absolute Gasteiger partial charge is 0.493 e. The van der Waals surface area contributed by atoms with Crippen molar-refractivity contribution in [2.75, 3.05) is 26.2 Å². The molecule has 0 aliphatic heterocycles. The lowest BCUT2D eigenvalue weighted by Gasteiger charge is -2.11. The first-order chi connectivity index (χ1) is 12.5. The van der Waals surface area contributed by atoms with Gasteiger partial charge in [0.15, 0.2) is 0 Å². The van der Waals surface area contributed by atoms with E-state index in [9.17, 15) is 14.4 Å². The van der Waals surface area contributed by atoms with Crippen molar-refractivity contribution in [1.82, 2.24) is 16.0 Å². The lowest BCUT2D eigenvalue weighted by atomic mass is 10.2. The Morgan fingerprint density at radius 1 is 1.00 bits per heavy atom. The van der Waals surface area contributed by atoms with E-state index in [4.69, 9.17) is 4.74 Å². The van der Waals surface area contributed by atoms with E-state index < -0.39 is 0 Å². The van der Waals surface area contributed by atoms with Gasteiger partial charge in [-0.15, -0.1) is 0 Å². The number of benzene rings is 1. The SMILES string of the molecule is CCOc1ccccc1C(=O)NCCCC(=O)NCCNC(=O)C(C)C. The van der Waals surface area contributed by atoms with E-state index >= 15 is 0 Å². The molecule has 0 radical (unpaired) electrons. The predicted octanol–water partition coefficient (Wildman–Crippen LogP) is 1.48. The maximum absolute atomic E-state index is 12.2. The van der Waals surface area contributed by atoms with Crippen molar-refractivity contribution in [1.29, 1.82) is 0 Å². The molecule has 0 spiro atoms. The summed E-state index contributed by atoms with van der Waals surface area (Å²) in [7, 11) is 0. The minimum atomic E-state index is -0.217. The molecule has 26 heavy (non-hydrogen) atoms. The summed E-state index contributed by atoms with van der Waals surface area (Å²) in [6.07, 6.45) is 0.845. The first kappa shape index (κ1) is 21.5. The third-order valence-corrected chi connectivity index (χ3v) is 3.57. The molecule has 0 aliphatic carbocycles. The molecule has 0 unspecified atom stereocenters. The van der Waals surface area contributed by atoms with Crippen molar-refractivity contribution in [3.8, 4) is 5.75 Å². The number of hydrogen-bond donors (Lipinski definition) is 3. The van der Waals surface area contributed by atoms with E-state index in [1.54, 1.807) is 18.2 Å². The number of carbonyl (C=O) groups is 3. The van der Waals surface area contributed by atoms with Gasteiger partial charge in [-0.3, -0.25) is 14.4 Å². The predicted molar refractivity (Wildman–Crippen MR) is 100 cm³/mol. The highest BCUT2D eigenvalue weighted by Crippen LogP contribution is 2.17. The van der Waals surface area contributed by atoms with Gasteiger partial charge >= 0.3 is 0 Å². The normalized spacial score (nSPS) is 10.3. The summed E-state index contributed by atoms with van der Waals surface area (Å²) in [4.78, 5) is 35.3. The van der Waals surface area contributed by atoms with Crippen molar-refractivity contribution >= 4 is 17.7 Å². The van der Waals surface area contributed by atoms with Crippen LogP contribution in [0.1, 0.15) is 44.0 Å². The zero-order valence-corrected chi connectivity index (χ0v) is 15.8. The standard InChI is InChI=1S/C19H29N3O4/c1-4-26-16-9-6-5-8-15(16)19(25)21-11-7-10-17(23)20-12-13-22-18(24)14(2)3/h5-6,8-9,14H,4,7,10-13H2,1-3H3,(H,20,23)(H,21,25)(H,22,24). The van der Waals surface area contributed by atoms with E-state index in [1.807, 2.05) is 26.8 Å². The fourth-order valence-electron chi connectivity index (χ4n) is 2.16. The summed E-state index contributed by atoms with van der Waals surface area (Å²) in [5, 5.41) is 8.26. The number of hydrogen-bond acceptors (Lipinski definition) is 4. The zero-order chi connectivity index (χ0) is 19.4. The van der Waals surface area contributed by atoms with Gasteiger partial charge in [0.25, 0.3) is 5.91 Å². The minimum Gasteiger partial charge on any atom is -0.493 e. The van der Waals surface area contributed by atoms with Gasteiger partial charge in [0.1, 0.15) is 5.75 Å². The van der Waals surface area contributed by atoms with Crippen LogP contribution in [0.4, 0.5) is 0 Å². The Kier molecular flexibility index (Phi) is 9.82. The quantitative estimate of drug-likeness (QED) is 0.519. The average Bonchev–Trinajstić information content (AvgIpc) is 2.62. The van der Waals surface area contributed by atoms with E-state index in [1.165, 1.54) is 0 Å². The van der Waals surface area contributed by atoms with Gasteiger partial charge in [-0.1, -0.05) is 26.0 Å². The van der Waals surface area contributed by atoms with Gasteiger partial charge in [-0.2, -0.15) is 0 Å². The van der Waals surface area contributed by atoms with Crippen LogP contribution in [-0.4, -0.2) is 44.0 Å². The second kappa shape index (κ2) is 11.9. The smallest absolute Gasteiger partial charge is 0.255 e. The van der Waals surface area contributed by atoms with Crippen molar-refractivity contribution in [2.45, 2.75) is 33.6 Å².